The number of amides is 1. The minimum absolute atomic E-state index is 0. The highest BCUT2D eigenvalue weighted by molar-refractivity contribution is 7.13. The van der Waals surface area contributed by atoms with Crippen LogP contribution in [0.3, 0.4) is 0 Å². The Morgan fingerprint density at radius 2 is 2.20 bits per heavy atom. The molecule has 25 heavy (non-hydrogen) atoms. The highest BCUT2D eigenvalue weighted by atomic mass is 35.5. The van der Waals surface area contributed by atoms with E-state index in [1.165, 1.54) is 0 Å². The van der Waals surface area contributed by atoms with Crippen molar-refractivity contribution in [2.45, 2.75) is 32.7 Å². The number of likely N-dealkylation sites (tertiary alicyclic amines) is 1. The fraction of sp³-hybridized carbons (Fsp3) is 0.471. The predicted octanol–water partition coefficient (Wildman–Crippen LogP) is 3.18. The highest BCUT2D eigenvalue weighted by Crippen LogP contribution is 2.28. The van der Waals surface area contributed by atoms with Crippen LogP contribution in [0.1, 0.15) is 26.0 Å². The van der Waals surface area contributed by atoms with E-state index in [4.69, 9.17) is 5.73 Å². The second kappa shape index (κ2) is 8.94. The molecule has 138 valence electrons. The number of rotatable bonds is 3. The predicted molar refractivity (Wildman–Crippen MR) is 106 cm³/mol. The molecule has 0 saturated carbocycles. The van der Waals surface area contributed by atoms with Gasteiger partial charge >= 0.3 is 0 Å². The number of pyridine rings is 1. The molecular formula is C17H24Cl2N4OS. The number of piperidine rings is 1. The molecular weight excluding hydrogens is 379 g/mol. The first-order valence-electron chi connectivity index (χ1n) is 7.84. The lowest BCUT2D eigenvalue weighted by molar-refractivity contribution is -0.133. The third kappa shape index (κ3) is 5.14. The summed E-state index contributed by atoms with van der Waals surface area (Å²) in [5.74, 6) is 0.132. The van der Waals surface area contributed by atoms with E-state index >= 15 is 0 Å². The van der Waals surface area contributed by atoms with Gasteiger partial charge in [-0.2, -0.15) is 0 Å². The molecule has 2 N–H and O–H groups in total. The smallest absolute Gasteiger partial charge is 0.228 e. The van der Waals surface area contributed by atoms with Gasteiger partial charge in [-0.3, -0.25) is 9.78 Å². The molecule has 3 heterocycles. The maximum atomic E-state index is 12.5. The van der Waals surface area contributed by atoms with Crippen LogP contribution in [0.15, 0.2) is 29.9 Å². The molecule has 0 bridgehead atoms. The number of aromatic nitrogens is 2. The molecule has 0 aliphatic carbocycles. The first-order valence-corrected chi connectivity index (χ1v) is 8.72. The number of hydrogen-bond donors (Lipinski definition) is 1. The summed E-state index contributed by atoms with van der Waals surface area (Å²) in [6.45, 7) is 5.70. The number of carbonyl (C=O) groups excluding carboxylic acids is 1. The Hall–Kier alpha value is -1.21. The lowest BCUT2D eigenvalue weighted by atomic mass is 9.79. The number of carbonyl (C=O) groups is 1. The number of nitrogens with zero attached hydrogens (tertiary/aromatic N) is 3. The van der Waals surface area contributed by atoms with E-state index in [9.17, 15) is 4.79 Å². The third-order valence-electron chi connectivity index (χ3n) is 4.46. The van der Waals surface area contributed by atoms with Crippen LogP contribution >= 0.6 is 36.2 Å². The van der Waals surface area contributed by atoms with Crippen LogP contribution in [-0.2, 0) is 11.2 Å². The van der Waals surface area contributed by atoms with E-state index < -0.39 is 0 Å². The zero-order valence-corrected chi connectivity index (χ0v) is 16.8. The van der Waals surface area contributed by atoms with Gasteiger partial charge in [0.1, 0.15) is 5.01 Å². The summed E-state index contributed by atoms with van der Waals surface area (Å²) in [4.78, 5) is 23.1. The third-order valence-corrected chi connectivity index (χ3v) is 5.40. The van der Waals surface area contributed by atoms with Crippen molar-refractivity contribution in [1.29, 1.82) is 0 Å². The standard InChI is InChI=1S/C17H22N4OS.2ClH/c1-17(2)11-21(7-5-14(17)18)15(22)8-13-10-23-16(20-13)12-4-3-6-19-9-12;;/h3-4,6,9-10,14H,5,7-8,11,18H2,1-2H3;2*1H. The Morgan fingerprint density at radius 3 is 2.84 bits per heavy atom. The van der Waals surface area contributed by atoms with Crippen molar-refractivity contribution in [3.63, 3.8) is 0 Å². The van der Waals surface area contributed by atoms with Crippen LogP contribution in [0.2, 0.25) is 0 Å². The lowest BCUT2D eigenvalue weighted by Crippen LogP contribution is -2.54. The van der Waals surface area contributed by atoms with Crippen molar-refractivity contribution >= 4 is 42.1 Å². The minimum Gasteiger partial charge on any atom is -0.342 e. The van der Waals surface area contributed by atoms with Gasteiger partial charge in [0.25, 0.3) is 0 Å². The van der Waals surface area contributed by atoms with Gasteiger partial charge in [-0.15, -0.1) is 36.2 Å². The summed E-state index contributed by atoms with van der Waals surface area (Å²) >= 11 is 1.55. The van der Waals surface area contributed by atoms with Gasteiger partial charge in [-0.25, -0.2) is 4.98 Å². The fourth-order valence-electron chi connectivity index (χ4n) is 2.86. The molecule has 3 rings (SSSR count). The molecule has 1 aliphatic heterocycles. The van der Waals surface area contributed by atoms with Crippen molar-refractivity contribution < 1.29 is 4.79 Å². The van der Waals surface area contributed by atoms with Gasteiger partial charge in [0.2, 0.25) is 5.91 Å². The van der Waals surface area contributed by atoms with Crippen LogP contribution in [0.25, 0.3) is 10.6 Å². The van der Waals surface area contributed by atoms with E-state index in [-0.39, 0.29) is 42.2 Å². The Bertz CT molecular complexity index is 693. The summed E-state index contributed by atoms with van der Waals surface area (Å²) in [5, 5.41) is 2.86. The normalized spacial score (nSPS) is 18.8. The van der Waals surface area contributed by atoms with Crippen LogP contribution in [0.5, 0.6) is 0 Å². The van der Waals surface area contributed by atoms with Crippen LogP contribution in [-0.4, -0.2) is 39.9 Å². The average Bonchev–Trinajstić information content (AvgIpc) is 2.99. The Kier molecular flexibility index (Phi) is 7.81. The SMILES string of the molecule is CC1(C)CN(C(=O)Cc2csc(-c3cccnc3)n2)CCC1N.Cl.Cl. The molecule has 1 aliphatic rings. The molecule has 1 atom stereocenters. The van der Waals surface area contributed by atoms with Gasteiger partial charge in [0.15, 0.2) is 0 Å². The van der Waals surface area contributed by atoms with Gasteiger partial charge < -0.3 is 10.6 Å². The number of halogens is 2. The topological polar surface area (TPSA) is 72.1 Å². The van der Waals surface area contributed by atoms with Crippen molar-refractivity contribution in [3.8, 4) is 10.6 Å². The van der Waals surface area contributed by atoms with Crippen molar-refractivity contribution in [2.24, 2.45) is 11.1 Å². The highest BCUT2D eigenvalue weighted by Gasteiger charge is 2.35. The zero-order chi connectivity index (χ0) is 16.4. The Balaban J connectivity index is 0.00000156. The van der Waals surface area contributed by atoms with Gasteiger partial charge in [-0.1, -0.05) is 13.8 Å². The first kappa shape index (κ1) is 21.8. The maximum absolute atomic E-state index is 12.5. The summed E-state index contributed by atoms with van der Waals surface area (Å²) in [7, 11) is 0. The number of nitrogens with two attached hydrogens (primary N) is 1. The van der Waals surface area contributed by atoms with Gasteiger partial charge in [0.05, 0.1) is 12.1 Å². The molecule has 5 nitrogen and oxygen atoms in total. The van der Waals surface area contributed by atoms with Crippen molar-refractivity contribution in [2.75, 3.05) is 13.1 Å². The molecule has 0 aromatic carbocycles. The molecule has 0 spiro atoms. The van der Waals surface area contributed by atoms with Crippen LogP contribution in [0, 0.1) is 5.41 Å². The van der Waals surface area contributed by atoms with Crippen molar-refractivity contribution in [1.82, 2.24) is 14.9 Å². The summed E-state index contributed by atoms with van der Waals surface area (Å²) in [5.41, 5.74) is 7.92. The lowest BCUT2D eigenvalue weighted by Gasteiger charge is -2.42. The number of thiazole rings is 1. The monoisotopic (exact) mass is 402 g/mol. The minimum atomic E-state index is -0.0309. The molecule has 8 heteroatoms. The summed E-state index contributed by atoms with van der Waals surface area (Å²) in [6.07, 6.45) is 4.74. The molecule has 1 saturated heterocycles. The van der Waals surface area contributed by atoms with E-state index in [1.807, 2.05) is 22.4 Å². The Morgan fingerprint density at radius 1 is 1.44 bits per heavy atom. The average molecular weight is 403 g/mol. The van der Waals surface area contributed by atoms with E-state index in [0.717, 1.165) is 29.2 Å². The maximum Gasteiger partial charge on any atom is 0.228 e. The second-order valence-corrected chi connectivity index (χ2v) is 7.62. The largest absolute Gasteiger partial charge is 0.342 e. The van der Waals surface area contributed by atoms with Crippen molar-refractivity contribution in [3.05, 3.63) is 35.6 Å². The number of hydrogen-bond acceptors (Lipinski definition) is 5. The Labute approximate surface area is 164 Å². The fourth-order valence-corrected chi connectivity index (χ4v) is 3.67. The summed E-state index contributed by atoms with van der Waals surface area (Å²) in [6, 6.07) is 4.02. The molecule has 2 aromatic rings. The summed E-state index contributed by atoms with van der Waals surface area (Å²) < 4.78 is 0. The molecule has 1 amide bonds. The quantitative estimate of drug-likeness (QED) is 0.855. The van der Waals surface area contributed by atoms with E-state index in [2.05, 4.69) is 23.8 Å². The van der Waals surface area contributed by atoms with Gasteiger partial charge in [0, 0.05) is 42.5 Å². The molecule has 2 aromatic heterocycles. The second-order valence-electron chi connectivity index (χ2n) is 6.76. The van der Waals surface area contributed by atoms with Crippen LogP contribution < -0.4 is 5.73 Å². The first-order chi connectivity index (χ1) is 11.0. The van der Waals surface area contributed by atoms with Gasteiger partial charge in [-0.05, 0) is 24.0 Å². The molecule has 1 unspecified atom stereocenters. The van der Waals surface area contributed by atoms with Crippen LogP contribution in [0.4, 0.5) is 0 Å². The molecule has 1 fully saturated rings. The zero-order valence-electron chi connectivity index (χ0n) is 14.3. The van der Waals surface area contributed by atoms with E-state index in [0.29, 0.717) is 13.0 Å². The molecule has 0 radical (unpaired) electrons. The van der Waals surface area contributed by atoms with E-state index in [1.54, 1.807) is 23.7 Å².